The van der Waals surface area contributed by atoms with Crippen LogP contribution in [0, 0.1) is 6.92 Å². The Kier molecular flexibility index (Phi) is 1.85. The molecule has 0 saturated carbocycles. The van der Waals surface area contributed by atoms with Gasteiger partial charge in [0.15, 0.2) is 0 Å². The standard InChI is InChI=1S/C10H11NS/c1-7-3-4-8-9(5-7)11-6-10(8)12-2/h3-6,11H,1-2H3. The lowest BCUT2D eigenvalue weighted by molar-refractivity contribution is 1.41. The molecule has 0 aliphatic carbocycles. The second-order valence-corrected chi connectivity index (χ2v) is 3.75. The van der Waals surface area contributed by atoms with Crippen molar-refractivity contribution in [3.8, 4) is 0 Å². The molecule has 0 fully saturated rings. The van der Waals surface area contributed by atoms with Crippen LogP contribution in [0.4, 0.5) is 0 Å². The van der Waals surface area contributed by atoms with E-state index in [2.05, 4.69) is 42.6 Å². The monoisotopic (exact) mass is 177 g/mol. The highest BCUT2D eigenvalue weighted by Crippen LogP contribution is 2.26. The van der Waals surface area contributed by atoms with Gasteiger partial charge in [-0.15, -0.1) is 11.8 Å². The van der Waals surface area contributed by atoms with Gasteiger partial charge < -0.3 is 4.98 Å². The molecule has 12 heavy (non-hydrogen) atoms. The van der Waals surface area contributed by atoms with Crippen molar-refractivity contribution in [1.82, 2.24) is 4.98 Å². The van der Waals surface area contributed by atoms with E-state index in [1.165, 1.54) is 21.4 Å². The Morgan fingerprint density at radius 2 is 2.17 bits per heavy atom. The normalized spacial score (nSPS) is 10.8. The summed E-state index contributed by atoms with van der Waals surface area (Å²) in [5, 5.41) is 1.33. The lowest BCUT2D eigenvalue weighted by atomic mass is 10.2. The van der Waals surface area contributed by atoms with Crippen LogP contribution in [0.2, 0.25) is 0 Å². The van der Waals surface area contributed by atoms with E-state index >= 15 is 0 Å². The third-order valence-electron chi connectivity index (χ3n) is 2.02. The van der Waals surface area contributed by atoms with Crippen LogP contribution in [-0.4, -0.2) is 11.2 Å². The zero-order valence-corrected chi connectivity index (χ0v) is 8.03. The predicted molar refractivity (Wildman–Crippen MR) is 54.8 cm³/mol. The first kappa shape index (κ1) is 7.74. The molecule has 62 valence electrons. The number of aromatic nitrogens is 1. The van der Waals surface area contributed by atoms with Crippen molar-refractivity contribution in [2.24, 2.45) is 0 Å². The second kappa shape index (κ2) is 2.87. The van der Waals surface area contributed by atoms with E-state index in [1.807, 2.05) is 0 Å². The third-order valence-corrected chi connectivity index (χ3v) is 2.80. The fraction of sp³-hybridized carbons (Fsp3) is 0.200. The number of nitrogens with one attached hydrogen (secondary N) is 1. The highest BCUT2D eigenvalue weighted by atomic mass is 32.2. The van der Waals surface area contributed by atoms with E-state index in [1.54, 1.807) is 11.8 Å². The first-order valence-electron chi connectivity index (χ1n) is 3.93. The molecule has 0 aliphatic heterocycles. The van der Waals surface area contributed by atoms with Gasteiger partial charge in [-0.1, -0.05) is 12.1 Å². The van der Waals surface area contributed by atoms with Crippen LogP contribution < -0.4 is 0 Å². The van der Waals surface area contributed by atoms with Gasteiger partial charge in [-0.3, -0.25) is 0 Å². The number of rotatable bonds is 1. The zero-order valence-electron chi connectivity index (χ0n) is 7.22. The average molecular weight is 177 g/mol. The summed E-state index contributed by atoms with van der Waals surface area (Å²) in [5.41, 5.74) is 2.54. The number of thioether (sulfide) groups is 1. The van der Waals surface area contributed by atoms with Crippen LogP contribution in [0.25, 0.3) is 10.9 Å². The summed E-state index contributed by atoms with van der Waals surface area (Å²) < 4.78 is 0. The van der Waals surface area contributed by atoms with E-state index in [0.29, 0.717) is 0 Å². The van der Waals surface area contributed by atoms with Gasteiger partial charge in [0.05, 0.1) is 0 Å². The van der Waals surface area contributed by atoms with E-state index in [-0.39, 0.29) is 0 Å². The maximum absolute atomic E-state index is 3.26. The Balaban J connectivity index is 2.73. The Bertz CT molecular complexity index is 403. The van der Waals surface area contributed by atoms with Crippen LogP contribution in [0.15, 0.2) is 29.3 Å². The average Bonchev–Trinajstić information content (AvgIpc) is 2.46. The molecule has 0 unspecified atom stereocenters. The summed E-state index contributed by atoms with van der Waals surface area (Å²) in [5.74, 6) is 0. The number of H-pyrrole nitrogens is 1. The van der Waals surface area contributed by atoms with Crippen molar-refractivity contribution in [2.75, 3.05) is 6.26 Å². The first-order chi connectivity index (χ1) is 5.81. The highest BCUT2D eigenvalue weighted by molar-refractivity contribution is 7.98. The van der Waals surface area contributed by atoms with Gasteiger partial charge in [0.2, 0.25) is 0 Å². The van der Waals surface area contributed by atoms with E-state index in [9.17, 15) is 0 Å². The number of hydrogen-bond donors (Lipinski definition) is 1. The quantitative estimate of drug-likeness (QED) is 0.661. The lowest BCUT2D eigenvalue weighted by Crippen LogP contribution is -1.71. The van der Waals surface area contributed by atoms with Crippen molar-refractivity contribution in [2.45, 2.75) is 11.8 Å². The molecule has 0 aliphatic rings. The Labute approximate surface area is 76.2 Å². The second-order valence-electron chi connectivity index (χ2n) is 2.91. The molecule has 1 heterocycles. The smallest absolute Gasteiger partial charge is 0.0468 e. The molecular weight excluding hydrogens is 166 g/mol. The Morgan fingerprint density at radius 1 is 1.33 bits per heavy atom. The van der Waals surface area contributed by atoms with E-state index in [4.69, 9.17) is 0 Å². The van der Waals surface area contributed by atoms with Gasteiger partial charge in [0.25, 0.3) is 0 Å². The fourth-order valence-corrected chi connectivity index (χ4v) is 1.96. The highest BCUT2D eigenvalue weighted by Gasteiger charge is 2.00. The molecule has 1 aromatic heterocycles. The molecule has 2 heteroatoms. The maximum Gasteiger partial charge on any atom is 0.0468 e. The molecule has 2 rings (SSSR count). The summed E-state index contributed by atoms with van der Waals surface area (Å²) in [6.45, 7) is 2.11. The fourth-order valence-electron chi connectivity index (χ4n) is 1.38. The van der Waals surface area contributed by atoms with Gasteiger partial charge in [0.1, 0.15) is 0 Å². The summed E-state index contributed by atoms with van der Waals surface area (Å²) >= 11 is 1.78. The van der Waals surface area contributed by atoms with Crippen LogP contribution >= 0.6 is 11.8 Å². The van der Waals surface area contributed by atoms with Gasteiger partial charge in [-0.25, -0.2) is 0 Å². The minimum absolute atomic E-state index is 1.24. The predicted octanol–water partition coefficient (Wildman–Crippen LogP) is 3.20. The van der Waals surface area contributed by atoms with Crippen molar-refractivity contribution < 1.29 is 0 Å². The zero-order chi connectivity index (χ0) is 8.55. The third kappa shape index (κ3) is 1.12. The van der Waals surface area contributed by atoms with E-state index < -0.39 is 0 Å². The topological polar surface area (TPSA) is 15.8 Å². The summed E-state index contributed by atoms with van der Waals surface area (Å²) in [7, 11) is 0. The molecule has 0 bridgehead atoms. The minimum atomic E-state index is 1.24. The van der Waals surface area contributed by atoms with Gasteiger partial charge >= 0.3 is 0 Å². The van der Waals surface area contributed by atoms with Gasteiger partial charge in [-0.05, 0) is 24.8 Å². The number of hydrogen-bond acceptors (Lipinski definition) is 1. The number of fused-ring (bicyclic) bond motifs is 1. The van der Waals surface area contributed by atoms with E-state index in [0.717, 1.165) is 0 Å². The van der Waals surface area contributed by atoms with Crippen molar-refractivity contribution in [1.29, 1.82) is 0 Å². The molecule has 0 saturated heterocycles. The molecule has 0 spiro atoms. The molecule has 1 aromatic carbocycles. The Morgan fingerprint density at radius 3 is 2.92 bits per heavy atom. The SMILES string of the molecule is CSc1c[nH]c2cc(C)ccc12. The molecule has 0 atom stereocenters. The molecular formula is C10H11NS. The van der Waals surface area contributed by atoms with Crippen LogP contribution in [0.3, 0.4) is 0 Å². The number of aromatic amines is 1. The molecule has 1 nitrogen and oxygen atoms in total. The van der Waals surface area contributed by atoms with Crippen LogP contribution in [-0.2, 0) is 0 Å². The summed E-state index contributed by atoms with van der Waals surface area (Å²) in [4.78, 5) is 4.58. The number of benzene rings is 1. The summed E-state index contributed by atoms with van der Waals surface area (Å²) in [6, 6.07) is 6.50. The van der Waals surface area contributed by atoms with Crippen LogP contribution in [0.5, 0.6) is 0 Å². The lowest BCUT2D eigenvalue weighted by Gasteiger charge is -1.94. The minimum Gasteiger partial charge on any atom is -0.360 e. The Hall–Kier alpha value is -0.890. The molecule has 0 amide bonds. The first-order valence-corrected chi connectivity index (χ1v) is 5.15. The summed E-state index contributed by atoms with van der Waals surface area (Å²) in [6.07, 6.45) is 4.16. The van der Waals surface area contributed by atoms with Gasteiger partial charge in [-0.2, -0.15) is 0 Å². The molecule has 2 aromatic rings. The van der Waals surface area contributed by atoms with Crippen molar-refractivity contribution in [3.05, 3.63) is 30.0 Å². The van der Waals surface area contributed by atoms with Gasteiger partial charge in [0, 0.05) is 22.0 Å². The molecule has 0 radical (unpaired) electrons. The maximum atomic E-state index is 3.26. The van der Waals surface area contributed by atoms with Crippen molar-refractivity contribution in [3.63, 3.8) is 0 Å². The van der Waals surface area contributed by atoms with Crippen LogP contribution in [0.1, 0.15) is 5.56 Å². The largest absolute Gasteiger partial charge is 0.360 e. The number of aryl methyl sites for hydroxylation is 1. The van der Waals surface area contributed by atoms with Crippen molar-refractivity contribution >= 4 is 22.7 Å². The molecule has 1 N–H and O–H groups in total.